The quantitative estimate of drug-likeness (QED) is 0.709. The summed E-state index contributed by atoms with van der Waals surface area (Å²) in [5.41, 5.74) is 1.79. The van der Waals surface area contributed by atoms with Gasteiger partial charge >= 0.3 is 0 Å². The molecule has 0 unspecified atom stereocenters. The topological polar surface area (TPSA) is 70.0 Å². The van der Waals surface area contributed by atoms with Crippen molar-refractivity contribution < 1.29 is 4.42 Å². The summed E-state index contributed by atoms with van der Waals surface area (Å²) >= 11 is 5.98. The highest BCUT2D eigenvalue weighted by atomic mass is 35.5. The number of aromatic nitrogens is 3. The van der Waals surface area contributed by atoms with Crippen molar-refractivity contribution in [2.45, 2.75) is 13.1 Å². The van der Waals surface area contributed by atoms with Crippen LogP contribution in [0, 0.1) is 0 Å². The van der Waals surface area contributed by atoms with E-state index in [4.69, 9.17) is 16.0 Å². The average molecular weight is 306 g/mol. The minimum absolute atomic E-state index is 0.211. The lowest BCUT2D eigenvalue weighted by Crippen LogP contribution is -2.10. The van der Waals surface area contributed by atoms with Crippen molar-refractivity contribution in [1.82, 2.24) is 19.9 Å². The molecule has 0 aliphatic rings. The number of H-pyrrole nitrogens is 1. The molecule has 3 rings (SSSR count). The van der Waals surface area contributed by atoms with Gasteiger partial charge in [0.1, 0.15) is 17.2 Å². The van der Waals surface area contributed by atoms with Crippen LogP contribution < -0.4 is 5.32 Å². The fraction of sp³-hybridized carbons (Fsp3) is 0.286. The maximum absolute atomic E-state index is 5.98. The number of nitrogens with one attached hydrogen (secondary N) is 2. The molecule has 0 aliphatic carbocycles. The van der Waals surface area contributed by atoms with E-state index in [9.17, 15) is 0 Å². The first kappa shape index (κ1) is 13.9. The molecule has 0 radical (unpaired) electrons. The smallest absolute Gasteiger partial charge is 0.226 e. The van der Waals surface area contributed by atoms with Gasteiger partial charge in [-0.2, -0.15) is 4.98 Å². The number of hydrogen-bond acceptors (Lipinski definition) is 5. The van der Waals surface area contributed by atoms with E-state index in [1.165, 1.54) is 0 Å². The van der Waals surface area contributed by atoms with Crippen LogP contribution >= 0.6 is 11.6 Å². The molecule has 0 saturated heterocycles. The molecule has 0 spiro atoms. The van der Waals surface area contributed by atoms with Crippen molar-refractivity contribution in [2.24, 2.45) is 0 Å². The summed E-state index contributed by atoms with van der Waals surface area (Å²) in [4.78, 5) is 13.8. The fourth-order valence-electron chi connectivity index (χ4n) is 2.18. The first-order chi connectivity index (χ1) is 10.1. The molecule has 0 fully saturated rings. The van der Waals surface area contributed by atoms with Gasteiger partial charge in [0.05, 0.1) is 18.2 Å². The molecule has 0 aromatic carbocycles. The van der Waals surface area contributed by atoms with Gasteiger partial charge in [0.15, 0.2) is 0 Å². The summed E-state index contributed by atoms with van der Waals surface area (Å²) < 4.78 is 5.30. The largest absolute Gasteiger partial charge is 0.467 e. The highest BCUT2D eigenvalue weighted by Crippen LogP contribution is 2.24. The monoisotopic (exact) mass is 305 g/mol. The molecule has 7 heteroatoms. The molecular weight excluding hydrogens is 290 g/mol. The predicted molar refractivity (Wildman–Crippen MR) is 82.3 cm³/mol. The lowest BCUT2D eigenvalue weighted by atomic mass is 10.3. The van der Waals surface area contributed by atoms with Gasteiger partial charge in [-0.15, -0.1) is 0 Å². The Kier molecular flexibility index (Phi) is 3.81. The SMILES string of the molecule is CN(C)Cc1cc2c(NCc3ccco3)nc(Cl)nc2[nH]1. The van der Waals surface area contributed by atoms with Crippen LogP contribution in [0.25, 0.3) is 11.0 Å². The summed E-state index contributed by atoms with van der Waals surface area (Å²) in [6, 6.07) is 5.79. The Morgan fingerprint density at radius 2 is 2.24 bits per heavy atom. The third kappa shape index (κ3) is 3.17. The van der Waals surface area contributed by atoms with E-state index in [0.717, 1.165) is 29.0 Å². The Hall–Kier alpha value is -2.05. The van der Waals surface area contributed by atoms with Crippen LogP contribution in [0.4, 0.5) is 5.82 Å². The van der Waals surface area contributed by atoms with Gasteiger partial charge < -0.3 is 19.6 Å². The first-order valence-electron chi connectivity index (χ1n) is 6.58. The highest BCUT2D eigenvalue weighted by molar-refractivity contribution is 6.28. The molecular formula is C14H16ClN5O. The normalized spacial score (nSPS) is 11.4. The van der Waals surface area contributed by atoms with Crippen LogP contribution in [0.1, 0.15) is 11.5 Å². The van der Waals surface area contributed by atoms with Gasteiger partial charge in [-0.1, -0.05) is 0 Å². The van der Waals surface area contributed by atoms with Crippen molar-refractivity contribution in [1.29, 1.82) is 0 Å². The Labute approximate surface area is 127 Å². The lowest BCUT2D eigenvalue weighted by molar-refractivity contribution is 0.398. The number of nitrogens with zero attached hydrogens (tertiary/aromatic N) is 3. The summed E-state index contributed by atoms with van der Waals surface area (Å²) in [6.07, 6.45) is 1.64. The van der Waals surface area contributed by atoms with Gasteiger partial charge in [-0.25, -0.2) is 4.98 Å². The van der Waals surface area contributed by atoms with Crippen molar-refractivity contribution in [2.75, 3.05) is 19.4 Å². The standard InChI is InChI=1S/C14H16ClN5O/c1-20(2)8-9-6-11-12(16-7-10-4-3-5-21-10)18-14(15)19-13(11)17-9/h3-6H,7-8H2,1-2H3,(H2,16,17,18,19). The summed E-state index contributed by atoms with van der Waals surface area (Å²) in [6.45, 7) is 1.34. The van der Waals surface area contributed by atoms with Crippen LogP contribution in [0.3, 0.4) is 0 Å². The summed E-state index contributed by atoms with van der Waals surface area (Å²) in [5, 5.41) is 4.36. The summed E-state index contributed by atoms with van der Waals surface area (Å²) in [5.74, 6) is 1.53. The van der Waals surface area contributed by atoms with Crippen molar-refractivity contribution in [3.05, 3.63) is 41.2 Å². The fourth-order valence-corrected chi connectivity index (χ4v) is 2.35. The zero-order valence-electron chi connectivity index (χ0n) is 11.9. The van der Waals surface area contributed by atoms with Gasteiger partial charge in [-0.3, -0.25) is 0 Å². The number of furan rings is 1. The summed E-state index contributed by atoms with van der Waals surface area (Å²) in [7, 11) is 4.03. The van der Waals surface area contributed by atoms with Crippen LogP contribution in [-0.4, -0.2) is 33.9 Å². The molecule has 0 aliphatic heterocycles. The molecule has 3 heterocycles. The van der Waals surface area contributed by atoms with Crippen LogP contribution in [0.15, 0.2) is 28.9 Å². The van der Waals surface area contributed by atoms with Gasteiger partial charge in [-0.05, 0) is 43.9 Å². The second-order valence-electron chi connectivity index (χ2n) is 5.07. The number of fused-ring (bicyclic) bond motifs is 1. The van der Waals surface area contributed by atoms with Crippen molar-refractivity contribution in [3.8, 4) is 0 Å². The molecule has 110 valence electrons. The van der Waals surface area contributed by atoms with E-state index < -0.39 is 0 Å². The minimum Gasteiger partial charge on any atom is -0.467 e. The third-order valence-corrected chi connectivity index (χ3v) is 3.18. The molecule has 21 heavy (non-hydrogen) atoms. The number of anilines is 1. The van der Waals surface area contributed by atoms with Crippen molar-refractivity contribution >= 4 is 28.5 Å². The molecule has 0 atom stereocenters. The molecule has 0 bridgehead atoms. The third-order valence-electron chi connectivity index (χ3n) is 3.01. The molecule has 3 aromatic heterocycles. The zero-order valence-corrected chi connectivity index (χ0v) is 12.6. The Bertz CT molecular complexity index is 735. The van der Waals surface area contributed by atoms with E-state index >= 15 is 0 Å². The maximum Gasteiger partial charge on any atom is 0.226 e. The zero-order chi connectivity index (χ0) is 14.8. The Morgan fingerprint density at radius 1 is 1.38 bits per heavy atom. The predicted octanol–water partition coefficient (Wildman–Crippen LogP) is 2.88. The van der Waals surface area contributed by atoms with E-state index in [1.54, 1.807) is 6.26 Å². The molecule has 3 aromatic rings. The van der Waals surface area contributed by atoms with Gasteiger partial charge in [0.2, 0.25) is 5.28 Å². The maximum atomic E-state index is 5.98. The second kappa shape index (κ2) is 5.75. The minimum atomic E-state index is 0.211. The van der Waals surface area contributed by atoms with E-state index in [0.29, 0.717) is 12.4 Å². The van der Waals surface area contributed by atoms with Gasteiger partial charge in [0.25, 0.3) is 0 Å². The van der Waals surface area contributed by atoms with E-state index in [-0.39, 0.29) is 5.28 Å². The van der Waals surface area contributed by atoms with Crippen LogP contribution in [-0.2, 0) is 13.1 Å². The van der Waals surface area contributed by atoms with Crippen molar-refractivity contribution in [3.63, 3.8) is 0 Å². The average Bonchev–Trinajstić information content (AvgIpc) is 3.03. The Balaban J connectivity index is 1.90. The number of hydrogen-bond donors (Lipinski definition) is 2. The molecule has 0 amide bonds. The number of halogens is 1. The molecule has 0 saturated carbocycles. The Morgan fingerprint density at radius 3 is 2.95 bits per heavy atom. The number of aromatic amines is 1. The second-order valence-corrected chi connectivity index (χ2v) is 5.41. The van der Waals surface area contributed by atoms with Crippen LogP contribution in [0.5, 0.6) is 0 Å². The number of rotatable bonds is 5. The highest BCUT2D eigenvalue weighted by Gasteiger charge is 2.11. The lowest BCUT2D eigenvalue weighted by Gasteiger charge is -2.06. The molecule has 6 nitrogen and oxygen atoms in total. The van der Waals surface area contributed by atoms with E-state index in [2.05, 4.69) is 25.2 Å². The molecule has 2 N–H and O–H groups in total. The van der Waals surface area contributed by atoms with Crippen LogP contribution in [0.2, 0.25) is 5.28 Å². The first-order valence-corrected chi connectivity index (χ1v) is 6.96. The van der Waals surface area contributed by atoms with Gasteiger partial charge in [0, 0.05) is 12.2 Å². The van der Waals surface area contributed by atoms with E-state index in [1.807, 2.05) is 32.3 Å².